The number of aromatic carboxylic acids is 1. The standard InChI is InChI=1S/C14H18N2O4S/c1-9-5-6-16(8-10(9)2)13-4-3-11(21(15,19)20)7-12(13)14(17)18/h3-4,7H,5-6,8H2,1-2H3,(H,17,18)(H2,15,19,20). The van der Waals surface area contributed by atoms with Gasteiger partial charge in [0.15, 0.2) is 0 Å². The Bertz CT molecular complexity index is 722. The molecular formula is C14H18N2O4S. The largest absolute Gasteiger partial charge is 0.478 e. The van der Waals surface area contributed by atoms with Gasteiger partial charge >= 0.3 is 5.97 Å². The third-order valence-electron chi connectivity index (χ3n) is 3.78. The molecule has 0 saturated carbocycles. The molecule has 21 heavy (non-hydrogen) atoms. The highest BCUT2D eigenvalue weighted by Crippen LogP contribution is 2.28. The fourth-order valence-corrected chi connectivity index (χ4v) is 2.90. The van der Waals surface area contributed by atoms with E-state index in [0.717, 1.165) is 12.5 Å². The average molecular weight is 310 g/mol. The van der Waals surface area contributed by atoms with E-state index in [-0.39, 0.29) is 10.5 Å². The van der Waals surface area contributed by atoms with E-state index in [2.05, 4.69) is 6.92 Å². The molecule has 1 aliphatic rings. The van der Waals surface area contributed by atoms with E-state index in [1.807, 2.05) is 11.8 Å². The maximum absolute atomic E-state index is 11.4. The molecule has 0 unspecified atom stereocenters. The molecule has 1 aliphatic heterocycles. The van der Waals surface area contributed by atoms with Crippen LogP contribution in [0.1, 0.15) is 30.6 Å². The summed E-state index contributed by atoms with van der Waals surface area (Å²) in [6.45, 7) is 5.43. The average Bonchev–Trinajstić information content (AvgIpc) is 2.40. The van der Waals surface area contributed by atoms with Crippen molar-refractivity contribution in [1.29, 1.82) is 0 Å². The van der Waals surface area contributed by atoms with Crippen molar-refractivity contribution in [2.75, 3.05) is 18.0 Å². The summed E-state index contributed by atoms with van der Waals surface area (Å²) in [5, 5.41) is 14.4. The molecule has 0 spiro atoms. The second-order valence-corrected chi connectivity index (χ2v) is 6.82. The van der Waals surface area contributed by atoms with Crippen molar-refractivity contribution in [2.45, 2.75) is 25.2 Å². The lowest BCUT2D eigenvalue weighted by Crippen LogP contribution is -2.32. The Morgan fingerprint density at radius 2 is 1.95 bits per heavy atom. The number of nitrogens with two attached hydrogens (primary N) is 1. The van der Waals surface area contributed by atoms with E-state index in [1.54, 1.807) is 0 Å². The van der Waals surface area contributed by atoms with Gasteiger partial charge in [0.1, 0.15) is 0 Å². The van der Waals surface area contributed by atoms with Crippen LogP contribution in [0, 0.1) is 0 Å². The number of rotatable bonds is 3. The highest BCUT2D eigenvalue weighted by molar-refractivity contribution is 7.89. The summed E-state index contributed by atoms with van der Waals surface area (Å²) >= 11 is 0. The van der Waals surface area contributed by atoms with E-state index in [0.29, 0.717) is 18.8 Å². The fraction of sp³-hybridized carbons (Fsp3) is 0.357. The van der Waals surface area contributed by atoms with Crippen LogP contribution in [0.4, 0.5) is 5.69 Å². The molecule has 1 heterocycles. The number of carboxylic acid groups (broad SMARTS) is 1. The molecule has 2 rings (SSSR count). The smallest absolute Gasteiger partial charge is 0.337 e. The van der Waals surface area contributed by atoms with Crippen molar-refractivity contribution in [3.63, 3.8) is 0 Å². The van der Waals surface area contributed by atoms with Crippen LogP contribution in [0.5, 0.6) is 0 Å². The lowest BCUT2D eigenvalue weighted by Gasteiger charge is -2.31. The van der Waals surface area contributed by atoms with Gasteiger partial charge in [0, 0.05) is 13.1 Å². The van der Waals surface area contributed by atoms with Crippen molar-refractivity contribution >= 4 is 21.7 Å². The molecule has 7 heteroatoms. The lowest BCUT2D eigenvalue weighted by molar-refractivity contribution is 0.0697. The predicted octanol–water partition coefficient (Wildman–Crippen LogP) is 1.58. The number of carboxylic acids is 1. The van der Waals surface area contributed by atoms with Crippen LogP contribution in [-0.2, 0) is 10.0 Å². The Kier molecular flexibility index (Phi) is 4.06. The van der Waals surface area contributed by atoms with Crippen LogP contribution in [-0.4, -0.2) is 32.6 Å². The molecule has 1 aromatic rings. The lowest BCUT2D eigenvalue weighted by atomic mass is 10.0. The molecular weight excluding hydrogens is 292 g/mol. The molecule has 1 aromatic carbocycles. The number of primary sulfonamides is 1. The molecule has 0 atom stereocenters. The van der Waals surface area contributed by atoms with Crippen LogP contribution in [0.3, 0.4) is 0 Å². The van der Waals surface area contributed by atoms with Gasteiger partial charge < -0.3 is 10.0 Å². The van der Waals surface area contributed by atoms with Crippen molar-refractivity contribution in [3.8, 4) is 0 Å². The SMILES string of the molecule is CC1=C(C)CN(c2ccc(S(N)(=O)=O)cc2C(=O)O)CC1. The summed E-state index contributed by atoms with van der Waals surface area (Å²) in [6.07, 6.45) is 0.863. The Balaban J connectivity index is 2.48. The van der Waals surface area contributed by atoms with Crippen molar-refractivity contribution in [2.24, 2.45) is 5.14 Å². The van der Waals surface area contributed by atoms with E-state index in [9.17, 15) is 18.3 Å². The van der Waals surface area contributed by atoms with Crippen molar-refractivity contribution in [1.82, 2.24) is 0 Å². The molecule has 0 radical (unpaired) electrons. The number of benzene rings is 1. The number of nitrogens with zero attached hydrogens (tertiary/aromatic N) is 1. The van der Waals surface area contributed by atoms with Crippen molar-refractivity contribution in [3.05, 3.63) is 34.9 Å². The third kappa shape index (κ3) is 3.25. The fourth-order valence-electron chi connectivity index (χ4n) is 2.36. The number of sulfonamides is 1. The Morgan fingerprint density at radius 1 is 1.29 bits per heavy atom. The zero-order valence-electron chi connectivity index (χ0n) is 12.0. The van der Waals surface area contributed by atoms with Gasteiger partial charge in [0.25, 0.3) is 0 Å². The van der Waals surface area contributed by atoms with Gasteiger partial charge in [-0.15, -0.1) is 0 Å². The number of anilines is 1. The van der Waals surface area contributed by atoms with E-state index in [1.165, 1.54) is 23.3 Å². The van der Waals surface area contributed by atoms with Crippen LogP contribution in [0.25, 0.3) is 0 Å². The highest BCUT2D eigenvalue weighted by Gasteiger charge is 2.22. The zero-order chi connectivity index (χ0) is 15.8. The minimum atomic E-state index is -3.92. The minimum Gasteiger partial charge on any atom is -0.478 e. The number of hydrogen-bond acceptors (Lipinski definition) is 4. The van der Waals surface area contributed by atoms with Gasteiger partial charge in [0.05, 0.1) is 16.1 Å². The molecule has 114 valence electrons. The van der Waals surface area contributed by atoms with Crippen LogP contribution >= 0.6 is 0 Å². The van der Waals surface area contributed by atoms with Gasteiger partial charge in [0.2, 0.25) is 10.0 Å². The van der Waals surface area contributed by atoms with Gasteiger partial charge in [-0.1, -0.05) is 11.1 Å². The summed E-state index contributed by atoms with van der Waals surface area (Å²) in [4.78, 5) is 13.2. The van der Waals surface area contributed by atoms with E-state index in [4.69, 9.17) is 5.14 Å². The maximum Gasteiger partial charge on any atom is 0.337 e. The molecule has 0 fully saturated rings. The Morgan fingerprint density at radius 3 is 2.48 bits per heavy atom. The summed E-state index contributed by atoms with van der Waals surface area (Å²) in [5.41, 5.74) is 2.98. The molecule has 6 nitrogen and oxygen atoms in total. The second kappa shape index (κ2) is 5.50. The molecule has 0 aromatic heterocycles. The number of carbonyl (C=O) groups is 1. The molecule has 0 bridgehead atoms. The first-order valence-electron chi connectivity index (χ1n) is 6.50. The summed E-state index contributed by atoms with van der Waals surface area (Å²) < 4.78 is 22.7. The first-order chi connectivity index (χ1) is 9.70. The maximum atomic E-state index is 11.4. The first kappa shape index (κ1) is 15.5. The van der Waals surface area contributed by atoms with Gasteiger partial charge in [-0.25, -0.2) is 18.4 Å². The molecule has 0 aliphatic carbocycles. The van der Waals surface area contributed by atoms with Crippen LogP contribution < -0.4 is 10.0 Å². The quantitative estimate of drug-likeness (QED) is 0.825. The summed E-state index contributed by atoms with van der Waals surface area (Å²) in [5.74, 6) is -1.17. The molecule has 0 amide bonds. The summed E-state index contributed by atoms with van der Waals surface area (Å²) in [7, 11) is -3.92. The minimum absolute atomic E-state index is 0.0473. The van der Waals surface area contributed by atoms with Gasteiger partial charge in [-0.05, 0) is 38.5 Å². The third-order valence-corrected chi connectivity index (χ3v) is 4.69. The Labute approximate surface area is 123 Å². The van der Waals surface area contributed by atoms with Gasteiger partial charge in [-0.2, -0.15) is 0 Å². The zero-order valence-corrected chi connectivity index (χ0v) is 12.8. The molecule has 3 N–H and O–H groups in total. The number of hydrogen-bond donors (Lipinski definition) is 2. The van der Waals surface area contributed by atoms with E-state index < -0.39 is 16.0 Å². The van der Waals surface area contributed by atoms with Crippen LogP contribution in [0.2, 0.25) is 0 Å². The van der Waals surface area contributed by atoms with Crippen LogP contribution in [0.15, 0.2) is 34.2 Å². The highest BCUT2D eigenvalue weighted by atomic mass is 32.2. The summed E-state index contributed by atoms with van der Waals surface area (Å²) in [6, 6.07) is 3.97. The predicted molar refractivity (Wildman–Crippen MR) is 80.0 cm³/mol. The monoisotopic (exact) mass is 310 g/mol. The molecule has 0 saturated heterocycles. The normalized spacial score (nSPS) is 16.2. The van der Waals surface area contributed by atoms with Crippen molar-refractivity contribution < 1.29 is 18.3 Å². The second-order valence-electron chi connectivity index (χ2n) is 5.26. The first-order valence-corrected chi connectivity index (χ1v) is 8.05. The van der Waals surface area contributed by atoms with Gasteiger partial charge in [-0.3, -0.25) is 0 Å². The van der Waals surface area contributed by atoms with E-state index >= 15 is 0 Å². The topological polar surface area (TPSA) is 101 Å². The Hall–Kier alpha value is -1.86.